The average molecular weight is 325 g/mol. The van der Waals surface area contributed by atoms with E-state index in [1.54, 1.807) is 12.3 Å². The van der Waals surface area contributed by atoms with Gasteiger partial charge >= 0.3 is 0 Å². The molecule has 1 fully saturated rings. The Balaban J connectivity index is 1.37. The Hall–Kier alpha value is -2.76. The first-order valence-electron chi connectivity index (χ1n) is 8.17. The minimum Gasteiger partial charge on any atom is -0.454 e. The van der Waals surface area contributed by atoms with Gasteiger partial charge in [0.05, 0.1) is 11.9 Å². The second-order valence-electron chi connectivity index (χ2n) is 5.97. The molecule has 1 N–H and O–H groups in total. The van der Waals surface area contributed by atoms with Gasteiger partial charge in [0.15, 0.2) is 11.5 Å². The van der Waals surface area contributed by atoms with E-state index in [4.69, 9.17) is 9.47 Å². The van der Waals surface area contributed by atoms with Crippen LogP contribution in [0.4, 0.5) is 5.69 Å². The quantitative estimate of drug-likeness (QED) is 0.936. The predicted octanol–water partition coefficient (Wildman–Crippen LogP) is 2.66. The van der Waals surface area contributed by atoms with Crippen molar-refractivity contribution in [1.82, 2.24) is 9.88 Å². The zero-order chi connectivity index (χ0) is 16.4. The van der Waals surface area contributed by atoms with Crippen LogP contribution < -0.4 is 14.8 Å². The molecule has 0 bridgehead atoms. The Labute approximate surface area is 140 Å². The number of aromatic nitrogens is 1. The van der Waals surface area contributed by atoms with E-state index in [1.807, 2.05) is 29.2 Å². The monoisotopic (exact) mass is 325 g/mol. The Morgan fingerprint density at radius 2 is 1.96 bits per heavy atom. The van der Waals surface area contributed by atoms with Crippen molar-refractivity contribution in [3.8, 4) is 11.5 Å². The third kappa shape index (κ3) is 2.99. The molecular formula is C18H19N3O3. The standard InChI is InChI=1S/C18H19N3O3/c22-18(21-7-1-2-8-21)15-5-4-14(11-20-15)19-10-13-3-6-16-17(9-13)24-12-23-16/h3-6,9,11,19H,1-2,7-8,10,12H2. The fourth-order valence-electron chi connectivity index (χ4n) is 2.96. The number of anilines is 1. The van der Waals surface area contributed by atoms with Crippen LogP contribution in [0.1, 0.15) is 28.9 Å². The molecule has 0 spiro atoms. The second-order valence-corrected chi connectivity index (χ2v) is 5.97. The summed E-state index contributed by atoms with van der Waals surface area (Å²) in [5.41, 5.74) is 2.48. The van der Waals surface area contributed by atoms with Gasteiger partial charge in [-0.1, -0.05) is 6.07 Å². The number of hydrogen-bond donors (Lipinski definition) is 1. The van der Waals surface area contributed by atoms with E-state index in [0.717, 1.165) is 48.7 Å². The number of hydrogen-bond acceptors (Lipinski definition) is 5. The Morgan fingerprint density at radius 3 is 2.75 bits per heavy atom. The van der Waals surface area contributed by atoms with E-state index in [2.05, 4.69) is 10.3 Å². The molecule has 1 aromatic heterocycles. The van der Waals surface area contributed by atoms with Crippen LogP contribution in [0.5, 0.6) is 11.5 Å². The SMILES string of the molecule is O=C(c1ccc(NCc2ccc3c(c2)OCO3)cn1)N1CCCC1. The van der Waals surface area contributed by atoms with Gasteiger partial charge in [0, 0.05) is 19.6 Å². The van der Waals surface area contributed by atoms with Gasteiger partial charge in [-0.2, -0.15) is 0 Å². The maximum absolute atomic E-state index is 12.3. The van der Waals surface area contributed by atoms with Crippen LogP contribution in [0.2, 0.25) is 0 Å². The maximum Gasteiger partial charge on any atom is 0.272 e. The van der Waals surface area contributed by atoms with Gasteiger partial charge in [-0.05, 0) is 42.7 Å². The van der Waals surface area contributed by atoms with Crippen LogP contribution in [0.3, 0.4) is 0 Å². The summed E-state index contributed by atoms with van der Waals surface area (Å²) >= 11 is 0. The molecule has 1 amide bonds. The smallest absolute Gasteiger partial charge is 0.272 e. The normalized spacial score (nSPS) is 15.6. The summed E-state index contributed by atoms with van der Waals surface area (Å²) in [6.45, 7) is 2.61. The number of rotatable bonds is 4. The molecule has 2 aliphatic heterocycles. The first kappa shape index (κ1) is 14.8. The number of pyridine rings is 1. The summed E-state index contributed by atoms with van der Waals surface area (Å²) in [6.07, 6.45) is 3.87. The Bertz CT molecular complexity index is 740. The second kappa shape index (κ2) is 6.39. The minimum atomic E-state index is 0.0230. The van der Waals surface area contributed by atoms with Crippen molar-refractivity contribution >= 4 is 11.6 Å². The lowest BCUT2D eigenvalue weighted by Gasteiger charge is -2.14. The maximum atomic E-state index is 12.3. The van der Waals surface area contributed by atoms with Crippen molar-refractivity contribution in [2.45, 2.75) is 19.4 Å². The van der Waals surface area contributed by atoms with E-state index < -0.39 is 0 Å². The average Bonchev–Trinajstić information content (AvgIpc) is 3.31. The van der Waals surface area contributed by atoms with Crippen LogP contribution in [0.15, 0.2) is 36.5 Å². The molecule has 2 aliphatic rings. The Kier molecular flexibility index (Phi) is 3.94. The van der Waals surface area contributed by atoms with Gasteiger partial charge in [-0.25, -0.2) is 4.98 Å². The van der Waals surface area contributed by atoms with Crippen LogP contribution in [0.25, 0.3) is 0 Å². The van der Waals surface area contributed by atoms with E-state index >= 15 is 0 Å². The van der Waals surface area contributed by atoms with Gasteiger partial charge in [-0.3, -0.25) is 4.79 Å². The summed E-state index contributed by atoms with van der Waals surface area (Å²) in [4.78, 5) is 18.4. The van der Waals surface area contributed by atoms with Gasteiger partial charge in [-0.15, -0.1) is 0 Å². The molecular weight excluding hydrogens is 306 g/mol. The molecule has 6 heteroatoms. The lowest BCUT2D eigenvalue weighted by atomic mass is 10.2. The molecule has 1 aromatic carbocycles. The number of likely N-dealkylation sites (tertiary alicyclic amines) is 1. The molecule has 1 saturated heterocycles. The number of carbonyl (C=O) groups excluding carboxylic acids is 1. The summed E-state index contributed by atoms with van der Waals surface area (Å²) < 4.78 is 10.7. The largest absolute Gasteiger partial charge is 0.454 e. The third-order valence-corrected chi connectivity index (χ3v) is 4.31. The molecule has 3 heterocycles. The molecule has 6 nitrogen and oxygen atoms in total. The lowest BCUT2D eigenvalue weighted by molar-refractivity contribution is 0.0787. The number of nitrogens with zero attached hydrogens (tertiary/aromatic N) is 2. The molecule has 0 radical (unpaired) electrons. The van der Waals surface area contributed by atoms with Gasteiger partial charge in [0.2, 0.25) is 6.79 Å². The number of benzene rings is 1. The van der Waals surface area contributed by atoms with Gasteiger partial charge in [0.1, 0.15) is 5.69 Å². The molecule has 124 valence electrons. The van der Waals surface area contributed by atoms with Crippen molar-refractivity contribution in [3.05, 3.63) is 47.8 Å². The lowest BCUT2D eigenvalue weighted by Crippen LogP contribution is -2.28. The number of fused-ring (bicyclic) bond motifs is 1. The zero-order valence-corrected chi connectivity index (χ0v) is 13.3. The molecule has 0 aliphatic carbocycles. The highest BCUT2D eigenvalue weighted by Crippen LogP contribution is 2.32. The van der Waals surface area contributed by atoms with E-state index in [0.29, 0.717) is 12.2 Å². The molecule has 0 saturated carbocycles. The van der Waals surface area contributed by atoms with E-state index in [1.165, 1.54) is 0 Å². The molecule has 0 atom stereocenters. The van der Waals surface area contributed by atoms with Crippen molar-refractivity contribution in [1.29, 1.82) is 0 Å². The molecule has 2 aromatic rings. The fourth-order valence-corrected chi connectivity index (χ4v) is 2.96. The fraction of sp³-hybridized carbons (Fsp3) is 0.333. The van der Waals surface area contributed by atoms with Gasteiger partial charge < -0.3 is 19.7 Å². The van der Waals surface area contributed by atoms with Crippen LogP contribution >= 0.6 is 0 Å². The summed E-state index contributed by atoms with van der Waals surface area (Å²) in [6, 6.07) is 9.55. The molecule has 4 rings (SSSR count). The minimum absolute atomic E-state index is 0.0230. The summed E-state index contributed by atoms with van der Waals surface area (Å²) in [7, 11) is 0. The highest BCUT2D eigenvalue weighted by molar-refractivity contribution is 5.92. The number of carbonyl (C=O) groups is 1. The molecule has 0 unspecified atom stereocenters. The zero-order valence-electron chi connectivity index (χ0n) is 13.3. The Morgan fingerprint density at radius 1 is 1.12 bits per heavy atom. The van der Waals surface area contributed by atoms with E-state index in [9.17, 15) is 4.79 Å². The highest BCUT2D eigenvalue weighted by Gasteiger charge is 2.20. The van der Waals surface area contributed by atoms with Crippen molar-refractivity contribution in [2.24, 2.45) is 0 Å². The number of nitrogens with one attached hydrogen (secondary N) is 1. The molecule has 24 heavy (non-hydrogen) atoms. The number of ether oxygens (including phenoxy) is 2. The van der Waals surface area contributed by atoms with Crippen LogP contribution in [0, 0.1) is 0 Å². The predicted molar refractivity (Wildman–Crippen MR) is 89.3 cm³/mol. The number of amides is 1. The first-order valence-corrected chi connectivity index (χ1v) is 8.17. The summed E-state index contributed by atoms with van der Waals surface area (Å²) in [5, 5.41) is 3.30. The highest BCUT2D eigenvalue weighted by atomic mass is 16.7. The van der Waals surface area contributed by atoms with Crippen LogP contribution in [-0.2, 0) is 6.54 Å². The third-order valence-electron chi connectivity index (χ3n) is 4.31. The van der Waals surface area contributed by atoms with Crippen molar-refractivity contribution < 1.29 is 14.3 Å². The first-order chi connectivity index (χ1) is 11.8. The van der Waals surface area contributed by atoms with Crippen LogP contribution in [-0.4, -0.2) is 35.7 Å². The van der Waals surface area contributed by atoms with E-state index in [-0.39, 0.29) is 12.7 Å². The topological polar surface area (TPSA) is 63.7 Å². The van der Waals surface area contributed by atoms with Crippen molar-refractivity contribution in [3.63, 3.8) is 0 Å². The van der Waals surface area contributed by atoms with Gasteiger partial charge in [0.25, 0.3) is 5.91 Å². The van der Waals surface area contributed by atoms with Crippen molar-refractivity contribution in [2.75, 3.05) is 25.2 Å². The summed E-state index contributed by atoms with van der Waals surface area (Å²) in [5.74, 6) is 1.58.